The second-order valence-corrected chi connectivity index (χ2v) is 8.24. The number of nitrogens with zero attached hydrogens (tertiary/aromatic N) is 1. The second-order valence-electron chi connectivity index (χ2n) is 8.24. The standard InChI is InChI=1S/C26H18NO.C5H8O2.Ir/c1-18-23-16-24(22-14-8-13-21(15-22)19-9-4-2-5-10-19)27-17-25(23)28-26(18)20-11-6-3-7-12-20;1-4(6)3-5(2)7;/h2-13,15-17H,1H3;3,6H,1-2H3;/q-1;;/b;4-3-;. The molecule has 2 heterocycles. The summed E-state index contributed by atoms with van der Waals surface area (Å²) in [4.78, 5) is 14.7. The van der Waals surface area contributed by atoms with Gasteiger partial charge in [-0.25, -0.2) is 0 Å². The molecule has 0 aliphatic rings. The van der Waals surface area contributed by atoms with Crippen LogP contribution in [0.4, 0.5) is 0 Å². The molecular formula is C31H26IrNO3-. The van der Waals surface area contributed by atoms with E-state index in [2.05, 4.69) is 72.6 Å². The largest absolute Gasteiger partial charge is 0.512 e. The van der Waals surface area contributed by atoms with Gasteiger partial charge in [0.15, 0.2) is 11.4 Å². The molecule has 0 atom stereocenters. The summed E-state index contributed by atoms with van der Waals surface area (Å²) >= 11 is 0. The molecule has 0 bridgehead atoms. The van der Waals surface area contributed by atoms with Gasteiger partial charge >= 0.3 is 0 Å². The molecule has 4 nitrogen and oxygen atoms in total. The maximum absolute atomic E-state index is 10.0. The molecular weight excluding hydrogens is 627 g/mol. The third kappa shape index (κ3) is 6.45. The van der Waals surface area contributed by atoms with Crippen molar-refractivity contribution in [2.45, 2.75) is 20.8 Å². The van der Waals surface area contributed by atoms with Gasteiger partial charge in [0.05, 0.1) is 12.0 Å². The number of benzene rings is 3. The van der Waals surface area contributed by atoms with Crippen LogP contribution in [0, 0.1) is 13.0 Å². The average Bonchev–Trinajstić information content (AvgIpc) is 3.20. The molecule has 0 saturated carbocycles. The zero-order valence-corrected chi connectivity index (χ0v) is 22.7. The maximum Gasteiger partial charge on any atom is 0.155 e. The van der Waals surface area contributed by atoms with Crippen LogP contribution in [0.2, 0.25) is 0 Å². The molecule has 5 aromatic rings. The van der Waals surface area contributed by atoms with E-state index in [-0.39, 0.29) is 31.6 Å². The van der Waals surface area contributed by atoms with Crippen LogP contribution in [0.1, 0.15) is 19.4 Å². The van der Waals surface area contributed by atoms with Crippen LogP contribution >= 0.6 is 0 Å². The van der Waals surface area contributed by atoms with Crippen LogP contribution in [0.3, 0.4) is 0 Å². The van der Waals surface area contributed by atoms with Crippen molar-refractivity contribution in [1.82, 2.24) is 4.98 Å². The summed E-state index contributed by atoms with van der Waals surface area (Å²) in [5.41, 5.74) is 7.23. The first kappa shape index (κ1) is 26.8. The molecule has 0 spiro atoms. The minimum absolute atomic E-state index is 0. The van der Waals surface area contributed by atoms with Crippen LogP contribution < -0.4 is 0 Å². The van der Waals surface area contributed by atoms with Gasteiger partial charge in [-0.2, -0.15) is 0 Å². The molecule has 1 radical (unpaired) electrons. The summed E-state index contributed by atoms with van der Waals surface area (Å²) in [6.07, 6.45) is 2.98. The van der Waals surface area contributed by atoms with Gasteiger partial charge in [-0.15, -0.1) is 35.4 Å². The molecule has 0 fully saturated rings. The number of carbonyl (C=O) groups excluding carboxylic acids is 1. The van der Waals surface area contributed by atoms with E-state index < -0.39 is 0 Å². The fourth-order valence-corrected chi connectivity index (χ4v) is 3.86. The zero-order chi connectivity index (χ0) is 24.8. The third-order valence-electron chi connectivity index (χ3n) is 5.46. The number of aromatic nitrogens is 1. The molecule has 0 amide bonds. The van der Waals surface area contributed by atoms with Gasteiger partial charge in [-0.05, 0) is 32.0 Å². The van der Waals surface area contributed by atoms with Crippen LogP contribution in [0.25, 0.3) is 44.7 Å². The van der Waals surface area contributed by atoms with Crippen molar-refractivity contribution in [3.63, 3.8) is 0 Å². The molecule has 0 saturated heterocycles. The number of furan rings is 1. The SMILES string of the molecule is CC(=O)/C=C(/C)O.Cc1c(-c2ccccc2)oc2cnc(-c3[c-]ccc(-c4ccccc4)c3)cc12.[Ir]. The van der Waals surface area contributed by atoms with E-state index >= 15 is 0 Å². The van der Waals surface area contributed by atoms with Gasteiger partial charge in [-0.1, -0.05) is 66.7 Å². The molecule has 1 N–H and O–H groups in total. The first-order valence-electron chi connectivity index (χ1n) is 11.3. The molecule has 3 aromatic carbocycles. The minimum atomic E-state index is -0.125. The van der Waals surface area contributed by atoms with Crippen molar-refractivity contribution >= 4 is 16.8 Å². The molecule has 183 valence electrons. The van der Waals surface area contributed by atoms with Gasteiger partial charge in [0, 0.05) is 42.7 Å². The Labute approximate surface area is 224 Å². The smallest absolute Gasteiger partial charge is 0.155 e. The number of aryl methyl sites for hydroxylation is 1. The quantitative estimate of drug-likeness (QED) is 0.122. The number of allylic oxidation sites excluding steroid dienone is 2. The fourth-order valence-electron chi connectivity index (χ4n) is 3.86. The number of carbonyl (C=O) groups is 1. The minimum Gasteiger partial charge on any atom is -0.512 e. The number of fused-ring (bicyclic) bond motifs is 1. The average molecular weight is 653 g/mol. The Kier molecular flexibility index (Phi) is 9.13. The number of ketones is 1. The summed E-state index contributed by atoms with van der Waals surface area (Å²) in [6, 6.07) is 32.1. The van der Waals surface area contributed by atoms with Crippen LogP contribution in [0.15, 0.2) is 107 Å². The van der Waals surface area contributed by atoms with Crippen LogP contribution in [0.5, 0.6) is 0 Å². The normalized spacial score (nSPS) is 10.8. The van der Waals surface area contributed by atoms with Crippen molar-refractivity contribution in [1.29, 1.82) is 0 Å². The van der Waals surface area contributed by atoms with Gasteiger partial charge < -0.3 is 14.5 Å². The number of hydrogen-bond donors (Lipinski definition) is 1. The van der Waals surface area contributed by atoms with Crippen molar-refractivity contribution in [3.05, 3.63) is 115 Å². The first-order chi connectivity index (χ1) is 16.9. The van der Waals surface area contributed by atoms with E-state index in [9.17, 15) is 4.79 Å². The van der Waals surface area contributed by atoms with Gasteiger partial charge in [0.25, 0.3) is 0 Å². The Bertz CT molecular complexity index is 1480. The summed E-state index contributed by atoms with van der Waals surface area (Å²) < 4.78 is 6.10. The van der Waals surface area contributed by atoms with Gasteiger partial charge in [-0.3, -0.25) is 4.79 Å². The summed E-state index contributed by atoms with van der Waals surface area (Å²) in [6.45, 7) is 4.95. The van der Waals surface area contributed by atoms with E-state index in [0.29, 0.717) is 0 Å². The maximum atomic E-state index is 10.0. The molecule has 5 rings (SSSR count). The Morgan fingerprint density at radius 3 is 2.14 bits per heavy atom. The fraction of sp³-hybridized carbons (Fsp3) is 0.0968. The summed E-state index contributed by atoms with van der Waals surface area (Å²) in [5, 5.41) is 9.45. The Hall–Kier alpha value is -3.79. The van der Waals surface area contributed by atoms with Crippen LogP contribution in [-0.4, -0.2) is 15.9 Å². The molecule has 2 aromatic heterocycles. The van der Waals surface area contributed by atoms with Crippen molar-refractivity contribution in [3.8, 4) is 33.7 Å². The molecule has 0 aliphatic carbocycles. The van der Waals surface area contributed by atoms with E-state index in [1.165, 1.54) is 25.5 Å². The van der Waals surface area contributed by atoms with Crippen molar-refractivity contribution < 1.29 is 34.4 Å². The van der Waals surface area contributed by atoms with E-state index in [4.69, 9.17) is 9.52 Å². The van der Waals surface area contributed by atoms with Crippen LogP contribution in [-0.2, 0) is 24.9 Å². The predicted molar refractivity (Wildman–Crippen MR) is 141 cm³/mol. The zero-order valence-electron chi connectivity index (χ0n) is 20.3. The number of rotatable bonds is 4. The first-order valence-corrected chi connectivity index (χ1v) is 11.3. The molecule has 0 unspecified atom stereocenters. The Morgan fingerprint density at radius 1 is 0.917 bits per heavy atom. The topological polar surface area (TPSA) is 63.3 Å². The van der Waals surface area contributed by atoms with Crippen molar-refractivity contribution in [2.75, 3.05) is 0 Å². The van der Waals surface area contributed by atoms with E-state index in [1.807, 2.05) is 36.5 Å². The summed E-state index contributed by atoms with van der Waals surface area (Å²) in [7, 11) is 0. The number of aliphatic hydroxyl groups is 1. The summed E-state index contributed by atoms with van der Waals surface area (Å²) in [5.74, 6) is 0.837. The number of hydrogen-bond acceptors (Lipinski definition) is 4. The molecule has 36 heavy (non-hydrogen) atoms. The Balaban J connectivity index is 0.000000400. The second kappa shape index (κ2) is 12.3. The predicted octanol–water partition coefficient (Wildman–Crippen LogP) is 7.97. The van der Waals surface area contributed by atoms with E-state index in [0.717, 1.165) is 44.7 Å². The third-order valence-corrected chi connectivity index (χ3v) is 5.46. The molecule has 0 aliphatic heterocycles. The number of aliphatic hydroxyl groups excluding tert-OH is 1. The van der Waals surface area contributed by atoms with Crippen molar-refractivity contribution in [2.24, 2.45) is 0 Å². The van der Waals surface area contributed by atoms with E-state index in [1.54, 1.807) is 0 Å². The van der Waals surface area contributed by atoms with Gasteiger partial charge in [0.1, 0.15) is 5.76 Å². The molecule has 5 heteroatoms. The van der Waals surface area contributed by atoms with Gasteiger partial charge in [0.2, 0.25) is 0 Å². The monoisotopic (exact) mass is 653 g/mol. The Morgan fingerprint density at radius 2 is 1.56 bits per heavy atom. The number of pyridine rings is 1.